The van der Waals surface area contributed by atoms with Crippen LogP contribution >= 0.6 is 15.9 Å². The number of alkyl halides is 1. The summed E-state index contributed by atoms with van der Waals surface area (Å²) in [5, 5.41) is 9.54. The zero-order valence-corrected chi connectivity index (χ0v) is 8.29. The molecule has 0 aromatic rings. The summed E-state index contributed by atoms with van der Waals surface area (Å²) in [6.07, 6.45) is 0.0798. The molecule has 1 saturated heterocycles. The van der Waals surface area contributed by atoms with E-state index in [0.29, 0.717) is 19.7 Å². The van der Waals surface area contributed by atoms with Crippen molar-refractivity contribution in [2.45, 2.75) is 12.5 Å². The highest BCUT2D eigenvalue weighted by molar-refractivity contribution is 9.09. The van der Waals surface area contributed by atoms with Crippen LogP contribution in [0.15, 0.2) is 0 Å². The second kappa shape index (κ2) is 4.67. The molecule has 1 atom stereocenters. The number of carboxylic acid groups (broad SMARTS) is 1. The predicted molar refractivity (Wildman–Crippen MR) is 47.7 cm³/mol. The first-order chi connectivity index (χ1) is 5.74. The van der Waals surface area contributed by atoms with Crippen molar-refractivity contribution in [1.82, 2.24) is 4.90 Å². The first-order valence-electron chi connectivity index (χ1n) is 3.89. The molecule has 0 saturated carbocycles. The van der Waals surface area contributed by atoms with E-state index < -0.39 is 6.09 Å². The minimum atomic E-state index is -0.849. The first kappa shape index (κ1) is 9.80. The molecule has 0 bridgehead atoms. The molecule has 0 aliphatic carbocycles. The Morgan fingerprint density at radius 3 is 3.08 bits per heavy atom. The van der Waals surface area contributed by atoms with E-state index in [1.165, 1.54) is 4.90 Å². The summed E-state index contributed by atoms with van der Waals surface area (Å²) in [7, 11) is 0. The highest BCUT2D eigenvalue weighted by Crippen LogP contribution is 2.09. The van der Waals surface area contributed by atoms with E-state index in [9.17, 15) is 4.79 Å². The van der Waals surface area contributed by atoms with Crippen LogP contribution in [-0.2, 0) is 4.74 Å². The third-order valence-corrected chi connectivity index (χ3v) is 2.30. The fourth-order valence-corrected chi connectivity index (χ4v) is 1.70. The molecule has 1 aliphatic heterocycles. The van der Waals surface area contributed by atoms with Crippen LogP contribution in [0.4, 0.5) is 4.79 Å². The summed E-state index contributed by atoms with van der Waals surface area (Å²) < 4.78 is 5.36. The Hall–Kier alpha value is -0.290. The van der Waals surface area contributed by atoms with Crippen molar-refractivity contribution in [2.75, 3.05) is 25.0 Å². The highest BCUT2D eigenvalue weighted by Gasteiger charge is 2.22. The van der Waals surface area contributed by atoms with Gasteiger partial charge in [0.1, 0.15) is 0 Å². The van der Waals surface area contributed by atoms with Gasteiger partial charge in [-0.1, -0.05) is 15.9 Å². The number of halogens is 1. The van der Waals surface area contributed by atoms with Gasteiger partial charge in [0.15, 0.2) is 0 Å². The van der Waals surface area contributed by atoms with Gasteiger partial charge in [0.05, 0.1) is 19.3 Å². The van der Waals surface area contributed by atoms with Gasteiger partial charge < -0.3 is 14.7 Å². The smallest absolute Gasteiger partial charge is 0.407 e. The number of amides is 1. The molecule has 12 heavy (non-hydrogen) atoms. The van der Waals surface area contributed by atoms with Gasteiger partial charge in [-0.15, -0.1) is 0 Å². The van der Waals surface area contributed by atoms with Crippen molar-refractivity contribution in [2.24, 2.45) is 0 Å². The Kier molecular flexibility index (Phi) is 3.81. The van der Waals surface area contributed by atoms with Crippen molar-refractivity contribution in [3.8, 4) is 0 Å². The molecule has 0 aromatic carbocycles. The maximum atomic E-state index is 10.6. The van der Waals surface area contributed by atoms with Crippen LogP contribution in [0.2, 0.25) is 0 Å². The maximum Gasteiger partial charge on any atom is 0.407 e. The monoisotopic (exact) mass is 237 g/mol. The number of carbonyl (C=O) groups is 1. The van der Waals surface area contributed by atoms with Gasteiger partial charge in [0, 0.05) is 11.9 Å². The number of hydrogen-bond donors (Lipinski definition) is 1. The quantitative estimate of drug-likeness (QED) is 0.734. The van der Waals surface area contributed by atoms with E-state index in [2.05, 4.69) is 15.9 Å². The standard InChI is InChI=1S/C7H12BrNO3/c8-2-1-6-5-9(7(10)11)3-4-12-6/h6H,1-5H2,(H,10,11). The lowest BCUT2D eigenvalue weighted by atomic mass is 10.2. The van der Waals surface area contributed by atoms with Gasteiger partial charge >= 0.3 is 6.09 Å². The first-order valence-corrected chi connectivity index (χ1v) is 5.01. The lowest BCUT2D eigenvalue weighted by molar-refractivity contribution is -0.0223. The van der Waals surface area contributed by atoms with E-state index >= 15 is 0 Å². The molecule has 1 amide bonds. The molecule has 0 spiro atoms. The van der Waals surface area contributed by atoms with Crippen LogP contribution < -0.4 is 0 Å². The molecule has 0 aromatic heterocycles. The lowest BCUT2D eigenvalue weighted by Gasteiger charge is -2.30. The minimum absolute atomic E-state index is 0.0641. The Morgan fingerprint density at radius 2 is 2.50 bits per heavy atom. The largest absolute Gasteiger partial charge is 0.465 e. The van der Waals surface area contributed by atoms with Gasteiger partial charge in [-0.05, 0) is 6.42 Å². The summed E-state index contributed by atoms with van der Waals surface area (Å²) in [4.78, 5) is 12.0. The van der Waals surface area contributed by atoms with Gasteiger partial charge in [-0.25, -0.2) is 4.79 Å². The highest BCUT2D eigenvalue weighted by atomic mass is 79.9. The van der Waals surface area contributed by atoms with Gasteiger partial charge in [-0.3, -0.25) is 0 Å². The SMILES string of the molecule is O=C(O)N1CCOC(CCBr)C1. The van der Waals surface area contributed by atoms with Crippen molar-refractivity contribution in [1.29, 1.82) is 0 Å². The molecule has 4 nitrogen and oxygen atoms in total. The summed E-state index contributed by atoms with van der Waals surface area (Å²) in [5.41, 5.74) is 0. The third-order valence-electron chi connectivity index (χ3n) is 1.84. The summed E-state index contributed by atoms with van der Waals surface area (Å²) in [5.74, 6) is 0. The van der Waals surface area contributed by atoms with E-state index in [1.807, 2.05) is 0 Å². The average molecular weight is 238 g/mol. The topological polar surface area (TPSA) is 49.8 Å². The predicted octanol–water partition coefficient (Wildman–Crippen LogP) is 1.15. The van der Waals surface area contributed by atoms with E-state index in [1.54, 1.807) is 0 Å². The molecule has 0 radical (unpaired) electrons. The van der Waals surface area contributed by atoms with Gasteiger partial charge in [0.2, 0.25) is 0 Å². The van der Waals surface area contributed by atoms with E-state index in [-0.39, 0.29) is 6.10 Å². The molecule has 1 rings (SSSR count). The average Bonchev–Trinajstić information content (AvgIpc) is 2.05. The molecular formula is C7H12BrNO3. The van der Waals surface area contributed by atoms with E-state index in [4.69, 9.17) is 9.84 Å². The van der Waals surface area contributed by atoms with Crippen LogP contribution in [-0.4, -0.2) is 47.2 Å². The van der Waals surface area contributed by atoms with Crippen LogP contribution in [0.3, 0.4) is 0 Å². The lowest BCUT2D eigenvalue weighted by Crippen LogP contribution is -2.45. The molecule has 1 unspecified atom stereocenters. The fourth-order valence-electron chi connectivity index (χ4n) is 1.19. The van der Waals surface area contributed by atoms with Crippen LogP contribution in [0.1, 0.15) is 6.42 Å². The maximum absolute atomic E-state index is 10.6. The molecule has 70 valence electrons. The van der Waals surface area contributed by atoms with E-state index in [0.717, 1.165) is 11.8 Å². The van der Waals surface area contributed by atoms with Crippen molar-refractivity contribution < 1.29 is 14.6 Å². The van der Waals surface area contributed by atoms with Gasteiger partial charge in [-0.2, -0.15) is 0 Å². The van der Waals surface area contributed by atoms with Gasteiger partial charge in [0.25, 0.3) is 0 Å². The number of ether oxygens (including phenoxy) is 1. The van der Waals surface area contributed by atoms with Crippen LogP contribution in [0, 0.1) is 0 Å². The molecule has 1 heterocycles. The van der Waals surface area contributed by atoms with Crippen molar-refractivity contribution in [3.63, 3.8) is 0 Å². The normalized spacial score (nSPS) is 24.1. The van der Waals surface area contributed by atoms with Crippen LogP contribution in [0.25, 0.3) is 0 Å². The molecular weight excluding hydrogens is 226 g/mol. The Bertz CT molecular complexity index is 163. The number of nitrogens with zero attached hydrogens (tertiary/aromatic N) is 1. The fraction of sp³-hybridized carbons (Fsp3) is 0.857. The summed E-state index contributed by atoms with van der Waals surface area (Å²) in [6, 6.07) is 0. The number of rotatable bonds is 2. The second-order valence-electron chi connectivity index (χ2n) is 2.70. The molecule has 5 heteroatoms. The minimum Gasteiger partial charge on any atom is -0.465 e. The van der Waals surface area contributed by atoms with Crippen LogP contribution in [0.5, 0.6) is 0 Å². The third kappa shape index (κ3) is 2.64. The summed E-state index contributed by atoms with van der Waals surface area (Å²) >= 11 is 3.30. The molecule has 1 fully saturated rings. The number of morpholine rings is 1. The Morgan fingerprint density at radius 1 is 1.75 bits per heavy atom. The molecule has 1 aliphatic rings. The molecule has 1 N–H and O–H groups in total. The zero-order chi connectivity index (χ0) is 8.97. The summed E-state index contributed by atoms with van der Waals surface area (Å²) in [6.45, 7) is 1.51. The van der Waals surface area contributed by atoms with Crippen molar-refractivity contribution in [3.05, 3.63) is 0 Å². The van der Waals surface area contributed by atoms with Crippen molar-refractivity contribution >= 4 is 22.0 Å². The zero-order valence-electron chi connectivity index (χ0n) is 6.70. The Labute approximate surface area is 79.6 Å². The Balaban J connectivity index is 2.35. The number of hydrogen-bond acceptors (Lipinski definition) is 2. The second-order valence-corrected chi connectivity index (χ2v) is 3.49.